The molecule has 72 valence electrons. The highest BCUT2D eigenvalue weighted by Crippen LogP contribution is 2.38. The first-order valence-corrected chi connectivity index (χ1v) is 5.87. The quantitative estimate of drug-likeness (QED) is 0.731. The normalized spacial score (nSPS) is 21.7. The van der Waals surface area contributed by atoms with Crippen molar-refractivity contribution in [2.45, 2.75) is 44.6 Å². The van der Waals surface area contributed by atoms with E-state index in [2.05, 4.69) is 18.4 Å². The summed E-state index contributed by atoms with van der Waals surface area (Å²) in [5.41, 5.74) is 0.651. The van der Waals surface area contributed by atoms with Gasteiger partial charge in [-0.25, -0.2) is 0 Å². The van der Waals surface area contributed by atoms with Crippen LogP contribution in [-0.2, 0) is 5.60 Å². The molecule has 0 aliphatic heterocycles. The minimum Gasteiger partial charge on any atom is -0.385 e. The summed E-state index contributed by atoms with van der Waals surface area (Å²) in [5, 5.41) is 12.5. The van der Waals surface area contributed by atoms with Crippen molar-refractivity contribution >= 4 is 11.3 Å². The molecule has 1 aliphatic rings. The van der Waals surface area contributed by atoms with E-state index in [0.717, 1.165) is 18.4 Å². The molecule has 1 nitrogen and oxygen atoms in total. The van der Waals surface area contributed by atoms with E-state index in [1.54, 1.807) is 11.3 Å². The second kappa shape index (κ2) is 3.43. The van der Waals surface area contributed by atoms with E-state index in [0.29, 0.717) is 0 Å². The average Bonchev–Trinajstić information content (AvgIpc) is 2.54. The van der Waals surface area contributed by atoms with Crippen molar-refractivity contribution in [1.82, 2.24) is 0 Å². The zero-order valence-electron chi connectivity index (χ0n) is 8.05. The van der Waals surface area contributed by atoms with Crippen LogP contribution in [0.15, 0.2) is 11.4 Å². The van der Waals surface area contributed by atoms with Gasteiger partial charge in [-0.3, -0.25) is 0 Å². The Morgan fingerprint density at radius 1 is 1.31 bits per heavy atom. The molecular weight excluding hydrogens is 180 g/mol. The predicted octanol–water partition coefficient (Wildman–Crippen LogP) is 3.21. The third-order valence-electron chi connectivity index (χ3n) is 2.95. The van der Waals surface area contributed by atoms with E-state index >= 15 is 0 Å². The van der Waals surface area contributed by atoms with Gasteiger partial charge < -0.3 is 5.11 Å². The average molecular weight is 196 g/mol. The molecule has 1 N–H and O–H groups in total. The molecule has 1 fully saturated rings. The summed E-state index contributed by atoms with van der Waals surface area (Å²) in [6.45, 7) is 2.10. The molecule has 0 spiro atoms. The van der Waals surface area contributed by atoms with Crippen LogP contribution in [0.3, 0.4) is 0 Å². The smallest absolute Gasteiger partial charge is 0.0904 e. The van der Waals surface area contributed by atoms with Gasteiger partial charge in [-0.05, 0) is 36.8 Å². The number of aliphatic hydroxyl groups is 1. The van der Waals surface area contributed by atoms with Crippen molar-refractivity contribution in [2.24, 2.45) is 0 Å². The summed E-state index contributed by atoms with van der Waals surface area (Å²) >= 11 is 1.74. The zero-order chi connectivity index (χ0) is 9.31. The molecule has 0 saturated heterocycles. The number of hydrogen-bond acceptors (Lipinski definition) is 2. The van der Waals surface area contributed by atoms with Crippen molar-refractivity contribution in [3.63, 3.8) is 0 Å². The van der Waals surface area contributed by atoms with E-state index in [-0.39, 0.29) is 0 Å². The fraction of sp³-hybridized carbons (Fsp3) is 0.636. The van der Waals surface area contributed by atoms with Crippen LogP contribution < -0.4 is 0 Å². The lowest BCUT2D eigenvalue weighted by Crippen LogP contribution is -2.27. The molecule has 2 heteroatoms. The van der Waals surface area contributed by atoms with Crippen LogP contribution >= 0.6 is 11.3 Å². The van der Waals surface area contributed by atoms with Crippen molar-refractivity contribution < 1.29 is 5.11 Å². The van der Waals surface area contributed by atoms with E-state index in [1.165, 1.54) is 24.1 Å². The monoisotopic (exact) mass is 196 g/mol. The van der Waals surface area contributed by atoms with E-state index in [1.807, 2.05) is 0 Å². The van der Waals surface area contributed by atoms with Crippen LogP contribution in [0, 0.1) is 6.92 Å². The van der Waals surface area contributed by atoms with Gasteiger partial charge in [0.05, 0.1) is 5.60 Å². The summed E-state index contributed by atoms with van der Waals surface area (Å²) in [5.74, 6) is 0. The van der Waals surface area contributed by atoms with Crippen molar-refractivity contribution in [3.8, 4) is 0 Å². The maximum Gasteiger partial charge on any atom is 0.0904 e. The molecule has 1 aromatic heterocycles. The van der Waals surface area contributed by atoms with Gasteiger partial charge in [0.25, 0.3) is 0 Å². The van der Waals surface area contributed by atoms with Gasteiger partial charge in [-0.1, -0.05) is 19.3 Å². The summed E-state index contributed by atoms with van der Waals surface area (Å²) in [6, 6.07) is 2.13. The molecule has 1 aromatic rings. The van der Waals surface area contributed by atoms with Crippen molar-refractivity contribution in [2.75, 3.05) is 0 Å². The van der Waals surface area contributed by atoms with Gasteiger partial charge in [0.15, 0.2) is 0 Å². The number of hydrogen-bond donors (Lipinski definition) is 1. The summed E-state index contributed by atoms with van der Waals surface area (Å²) in [4.78, 5) is 1.30. The summed E-state index contributed by atoms with van der Waals surface area (Å²) < 4.78 is 0. The molecule has 1 saturated carbocycles. The van der Waals surface area contributed by atoms with Crippen LogP contribution in [0.2, 0.25) is 0 Å². The third kappa shape index (κ3) is 1.79. The number of aryl methyl sites for hydroxylation is 1. The topological polar surface area (TPSA) is 20.2 Å². The second-order valence-electron chi connectivity index (χ2n) is 4.04. The predicted molar refractivity (Wildman–Crippen MR) is 56.0 cm³/mol. The molecule has 0 unspecified atom stereocenters. The summed E-state index contributed by atoms with van der Waals surface area (Å²) in [6.07, 6.45) is 5.52. The van der Waals surface area contributed by atoms with Gasteiger partial charge in [0, 0.05) is 4.88 Å². The van der Waals surface area contributed by atoms with Crippen LogP contribution in [0.4, 0.5) is 0 Å². The Kier molecular flexibility index (Phi) is 2.43. The minimum atomic E-state index is -0.497. The Bertz CT molecular complexity index is 284. The standard InChI is InChI=1S/C11H16OS/c1-9-7-10(8-13-9)11(12)5-3-2-4-6-11/h7-8,12H,2-6H2,1H3. The molecule has 1 aliphatic carbocycles. The van der Waals surface area contributed by atoms with Gasteiger partial charge >= 0.3 is 0 Å². The Morgan fingerprint density at radius 2 is 2.00 bits per heavy atom. The lowest BCUT2D eigenvalue weighted by atomic mass is 9.81. The lowest BCUT2D eigenvalue weighted by Gasteiger charge is -2.31. The zero-order valence-corrected chi connectivity index (χ0v) is 8.86. The van der Waals surface area contributed by atoms with Crippen LogP contribution in [0.25, 0.3) is 0 Å². The first-order chi connectivity index (χ1) is 6.21. The molecule has 0 bridgehead atoms. The molecule has 0 radical (unpaired) electrons. The van der Waals surface area contributed by atoms with Crippen LogP contribution in [-0.4, -0.2) is 5.11 Å². The Labute approximate surface area is 83.4 Å². The van der Waals surface area contributed by atoms with Crippen molar-refractivity contribution in [3.05, 3.63) is 21.9 Å². The maximum absolute atomic E-state index is 10.4. The highest BCUT2D eigenvalue weighted by Gasteiger charge is 2.31. The largest absolute Gasteiger partial charge is 0.385 e. The first kappa shape index (κ1) is 9.22. The van der Waals surface area contributed by atoms with Gasteiger partial charge in [0.2, 0.25) is 0 Å². The summed E-state index contributed by atoms with van der Waals surface area (Å²) in [7, 11) is 0. The molecular formula is C11H16OS. The Hall–Kier alpha value is -0.340. The molecule has 0 atom stereocenters. The van der Waals surface area contributed by atoms with Crippen LogP contribution in [0.5, 0.6) is 0 Å². The Morgan fingerprint density at radius 3 is 2.54 bits per heavy atom. The second-order valence-corrected chi connectivity index (χ2v) is 5.15. The number of rotatable bonds is 1. The van der Waals surface area contributed by atoms with Crippen LogP contribution in [0.1, 0.15) is 42.5 Å². The SMILES string of the molecule is Cc1cc(C2(O)CCCCC2)cs1. The first-order valence-electron chi connectivity index (χ1n) is 4.99. The lowest BCUT2D eigenvalue weighted by molar-refractivity contribution is -0.000264. The molecule has 0 amide bonds. The highest BCUT2D eigenvalue weighted by atomic mass is 32.1. The molecule has 1 heterocycles. The maximum atomic E-state index is 10.4. The molecule has 2 rings (SSSR count). The fourth-order valence-electron chi connectivity index (χ4n) is 2.11. The Balaban J connectivity index is 2.22. The molecule has 13 heavy (non-hydrogen) atoms. The van der Waals surface area contributed by atoms with E-state index < -0.39 is 5.60 Å². The van der Waals surface area contributed by atoms with Gasteiger partial charge in [0.1, 0.15) is 0 Å². The highest BCUT2D eigenvalue weighted by molar-refractivity contribution is 7.10. The van der Waals surface area contributed by atoms with E-state index in [9.17, 15) is 5.11 Å². The van der Waals surface area contributed by atoms with E-state index in [4.69, 9.17) is 0 Å². The fourth-order valence-corrected chi connectivity index (χ4v) is 2.91. The van der Waals surface area contributed by atoms with Gasteiger partial charge in [-0.15, -0.1) is 11.3 Å². The minimum absolute atomic E-state index is 0.497. The third-order valence-corrected chi connectivity index (χ3v) is 3.81. The van der Waals surface area contributed by atoms with Crippen molar-refractivity contribution in [1.29, 1.82) is 0 Å². The molecule has 0 aromatic carbocycles. The number of thiophene rings is 1. The van der Waals surface area contributed by atoms with Gasteiger partial charge in [-0.2, -0.15) is 0 Å².